The number of rotatable bonds is 7. The van der Waals surface area contributed by atoms with Crippen LogP contribution in [0, 0.1) is 5.41 Å². The lowest BCUT2D eigenvalue weighted by molar-refractivity contribution is -0.122. The van der Waals surface area contributed by atoms with E-state index in [2.05, 4.69) is 22.4 Å². The standard InChI is InChI=1S/C14H23N3O/c1-2-6-14(7-3-8-14)11-15-13(18)5-4-12-9-16-17-10-12/h9-10H,2-8,11H2,1H3,(H,15,18)(H,16,17). The van der Waals surface area contributed by atoms with Gasteiger partial charge < -0.3 is 5.32 Å². The summed E-state index contributed by atoms with van der Waals surface area (Å²) in [5, 5.41) is 9.74. The van der Waals surface area contributed by atoms with Crippen LogP contribution in [0.4, 0.5) is 0 Å². The highest BCUT2D eigenvalue weighted by Crippen LogP contribution is 2.44. The quantitative estimate of drug-likeness (QED) is 0.779. The zero-order valence-electron chi connectivity index (χ0n) is 11.2. The first-order chi connectivity index (χ1) is 8.74. The lowest BCUT2D eigenvalue weighted by atomic mass is 9.66. The molecular weight excluding hydrogens is 226 g/mol. The molecule has 1 aliphatic carbocycles. The van der Waals surface area contributed by atoms with Crippen LogP contribution in [0.5, 0.6) is 0 Å². The molecule has 1 heterocycles. The molecular formula is C14H23N3O. The fraction of sp³-hybridized carbons (Fsp3) is 0.714. The van der Waals surface area contributed by atoms with Gasteiger partial charge in [-0.2, -0.15) is 5.10 Å². The Bertz CT molecular complexity index is 368. The summed E-state index contributed by atoms with van der Waals surface area (Å²) in [5.41, 5.74) is 1.51. The first kappa shape index (κ1) is 13.1. The number of carbonyl (C=O) groups is 1. The Balaban J connectivity index is 1.68. The van der Waals surface area contributed by atoms with Gasteiger partial charge in [0.25, 0.3) is 0 Å². The normalized spacial score (nSPS) is 17.2. The molecule has 4 heteroatoms. The topological polar surface area (TPSA) is 57.8 Å². The van der Waals surface area contributed by atoms with Gasteiger partial charge >= 0.3 is 0 Å². The zero-order chi connectivity index (χ0) is 12.8. The van der Waals surface area contributed by atoms with Crippen LogP contribution < -0.4 is 5.32 Å². The van der Waals surface area contributed by atoms with Crippen LogP contribution in [0.2, 0.25) is 0 Å². The molecule has 0 atom stereocenters. The first-order valence-electron chi connectivity index (χ1n) is 6.98. The van der Waals surface area contributed by atoms with Crippen molar-refractivity contribution in [3.8, 4) is 0 Å². The molecule has 4 nitrogen and oxygen atoms in total. The Kier molecular flexibility index (Phi) is 4.39. The lowest BCUT2D eigenvalue weighted by Gasteiger charge is -2.42. The predicted molar refractivity (Wildman–Crippen MR) is 71.1 cm³/mol. The smallest absolute Gasteiger partial charge is 0.220 e. The van der Waals surface area contributed by atoms with Gasteiger partial charge in [-0.3, -0.25) is 9.89 Å². The van der Waals surface area contributed by atoms with Crippen LogP contribution in [0.15, 0.2) is 12.4 Å². The van der Waals surface area contributed by atoms with Gasteiger partial charge in [-0.15, -0.1) is 0 Å². The Hall–Kier alpha value is -1.32. The number of aromatic amines is 1. The van der Waals surface area contributed by atoms with Gasteiger partial charge in [0, 0.05) is 19.2 Å². The maximum Gasteiger partial charge on any atom is 0.220 e. The molecule has 0 radical (unpaired) electrons. The Labute approximate surface area is 109 Å². The van der Waals surface area contributed by atoms with Crippen molar-refractivity contribution in [2.24, 2.45) is 5.41 Å². The van der Waals surface area contributed by atoms with E-state index in [4.69, 9.17) is 0 Å². The number of H-pyrrole nitrogens is 1. The number of hydrogen-bond acceptors (Lipinski definition) is 2. The van der Waals surface area contributed by atoms with Crippen molar-refractivity contribution < 1.29 is 4.79 Å². The molecule has 1 amide bonds. The third-order valence-corrected chi connectivity index (χ3v) is 4.05. The number of hydrogen-bond donors (Lipinski definition) is 2. The van der Waals surface area contributed by atoms with Crippen molar-refractivity contribution in [3.05, 3.63) is 18.0 Å². The molecule has 0 aromatic carbocycles. The fourth-order valence-corrected chi connectivity index (χ4v) is 2.77. The SMILES string of the molecule is CCCC1(CNC(=O)CCc2cn[nH]c2)CCC1. The van der Waals surface area contributed by atoms with Crippen molar-refractivity contribution in [2.75, 3.05) is 6.54 Å². The number of amides is 1. The fourth-order valence-electron chi connectivity index (χ4n) is 2.77. The highest BCUT2D eigenvalue weighted by atomic mass is 16.1. The van der Waals surface area contributed by atoms with E-state index in [1.807, 2.05) is 6.20 Å². The summed E-state index contributed by atoms with van der Waals surface area (Å²) in [6.07, 6.45) is 11.3. The van der Waals surface area contributed by atoms with Crippen LogP contribution in [-0.4, -0.2) is 22.6 Å². The maximum atomic E-state index is 11.8. The minimum atomic E-state index is 0.165. The van der Waals surface area contributed by atoms with Crippen molar-refractivity contribution in [3.63, 3.8) is 0 Å². The maximum absolute atomic E-state index is 11.8. The molecule has 0 bridgehead atoms. The van der Waals surface area contributed by atoms with Gasteiger partial charge in [0.2, 0.25) is 5.91 Å². The second kappa shape index (κ2) is 6.03. The molecule has 2 N–H and O–H groups in total. The van der Waals surface area contributed by atoms with Crippen LogP contribution in [0.25, 0.3) is 0 Å². The summed E-state index contributed by atoms with van der Waals surface area (Å²) in [4.78, 5) is 11.8. The minimum absolute atomic E-state index is 0.165. The van der Waals surface area contributed by atoms with Crippen molar-refractivity contribution in [2.45, 2.75) is 51.9 Å². The summed E-state index contributed by atoms with van der Waals surface area (Å²) in [7, 11) is 0. The van der Waals surface area contributed by atoms with Gasteiger partial charge in [-0.25, -0.2) is 0 Å². The van der Waals surface area contributed by atoms with E-state index in [-0.39, 0.29) is 5.91 Å². The summed E-state index contributed by atoms with van der Waals surface area (Å²) in [6.45, 7) is 3.09. The molecule has 2 rings (SSSR count). The lowest BCUT2D eigenvalue weighted by Crippen LogP contribution is -2.42. The predicted octanol–water partition coefficient (Wildman–Crippen LogP) is 2.43. The van der Waals surface area contributed by atoms with E-state index >= 15 is 0 Å². The number of carbonyl (C=O) groups excluding carboxylic acids is 1. The minimum Gasteiger partial charge on any atom is -0.356 e. The average Bonchev–Trinajstić information content (AvgIpc) is 2.82. The van der Waals surface area contributed by atoms with Crippen molar-refractivity contribution >= 4 is 5.91 Å². The molecule has 100 valence electrons. The van der Waals surface area contributed by atoms with E-state index in [0.29, 0.717) is 11.8 Å². The molecule has 0 saturated heterocycles. The highest BCUT2D eigenvalue weighted by Gasteiger charge is 2.35. The third-order valence-electron chi connectivity index (χ3n) is 4.05. The summed E-state index contributed by atoms with van der Waals surface area (Å²) in [6, 6.07) is 0. The molecule has 1 fully saturated rings. The molecule has 0 aliphatic heterocycles. The van der Waals surface area contributed by atoms with Crippen molar-refractivity contribution in [1.82, 2.24) is 15.5 Å². The second-order valence-corrected chi connectivity index (χ2v) is 5.49. The van der Waals surface area contributed by atoms with Crippen LogP contribution in [0.3, 0.4) is 0 Å². The van der Waals surface area contributed by atoms with Gasteiger partial charge in [0.05, 0.1) is 6.20 Å². The van der Waals surface area contributed by atoms with Crippen LogP contribution in [-0.2, 0) is 11.2 Å². The average molecular weight is 249 g/mol. The van der Waals surface area contributed by atoms with E-state index in [1.165, 1.54) is 32.1 Å². The number of nitrogens with zero attached hydrogens (tertiary/aromatic N) is 1. The largest absolute Gasteiger partial charge is 0.356 e. The van der Waals surface area contributed by atoms with Gasteiger partial charge in [-0.05, 0) is 36.7 Å². The Morgan fingerprint density at radius 1 is 1.56 bits per heavy atom. The van der Waals surface area contributed by atoms with E-state index in [0.717, 1.165) is 18.5 Å². The monoisotopic (exact) mass is 249 g/mol. The zero-order valence-corrected chi connectivity index (χ0v) is 11.2. The number of aromatic nitrogens is 2. The molecule has 18 heavy (non-hydrogen) atoms. The molecule has 0 unspecified atom stereocenters. The summed E-state index contributed by atoms with van der Waals surface area (Å²) >= 11 is 0. The van der Waals surface area contributed by atoms with E-state index in [9.17, 15) is 4.79 Å². The van der Waals surface area contributed by atoms with Crippen LogP contribution >= 0.6 is 0 Å². The van der Waals surface area contributed by atoms with E-state index < -0.39 is 0 Å². The van der Waals surface area contributed by atoms with Gasteiger partial charge in [0.1, 0.15) is 0 Å². The summed E-state index contributed by atoms with van der Waals surface area (Å²) in [5.74, 6) is 0.165. The third kappa shape index (κ3) is 3.34. The number of aryl methyl sites for hydroxylation is 1. The second-order valence-electron chi connectivity index (χ2n) is 5.49. The molecule has 0 spiro atoms. The summed E-state index contributed by atoms with van der Waals surface area (Å²) < 4.78 is 0. The van der Waals surface area contributed by atoms with Crippen molar-refractivity contribution in [1.29, 1.82) is 0 Å². The Morgan fingerprint density at radius 3 is 2.94 bits per heavy atom. The van der Waals surface area contributed by atoms with E-state index in [1.54, 1.807) is 6.20 Å². The Morgan fingerprint density at radius 2 is 2.39 bits per heavy atom. The van der Waals surface area contributed by atoms with Gasteiger partial charge in [0.15, 0.2) is 0 Å². The van der Waals surface area contributed by atoms with Crippen LogP contribution in [0.1, 0.15) is 51.0 Å². The number of nitrogens with one attached hydrogen (secondary N) is 2. The molecule has 1 aromatic heterocycles. The first-order valence-corrected chi connectivity index (χ1v) is 6.98. The molecule has 1 saturated carbocycles. The molecule has 1 aromatic rings. The highest BCUT2D eigenvalue weighted by molar-refractivity contribution is 5.76. The molecule has 1 aliphatic rings. The van der Waals surface area contributed by atoms with Gasteiger partial charge in [-0.1, -0.05) is 19.8 Å².